The summed E-state index contributed by atoms with van der Waals surface area (Å²) in [6.07, 6.45) is -4.55. The van der Waals surface area contributed by atoms with Crippen molar-refractivity contribution in [3.05, 3.63) is 56.5 Å². The van der Waals surface area contributed by atoms with Gasteiger partial charge in [0.2, 0.25) is 0 Å². The van der Waals surface area contributed by atoms with E-state index in [4.69, 9.17) is 11.6 Å². The minimum atomic E-state index is -4.55. The molecule has 7 heteroatoms. The number of halogens is 5. The summed E-state index contributed by atoms with van der Waals surface area (Å²) in [5.41, 5.74) is -0.733. The fourth-order valence-corrected chi connectivity index (χ4v) is 2.94. The van der Waals surface area contributed by atoms with Crippen molar-refractivity contribution in [3.63, 3.8) is 0 Å². The van der Waals surface area contributed by atoms with Gasteiger partial charge in [-0.05, 0) is 42.8 Å². The SMILES string of the molecule is CC(NCc1cc(F)cc(C(F)(F)F)c1)c1ccc(Cl)s1. The molecule has 2 rings (SSSR count). The van der Waals surface area contributed by atoms with Crippen molar-refractivity contribution in [1.29, 1.82) is 0 Å². The van der Waals surface area contributed by atoms with Crippen LogP contribution in [0.3, 0.4) is 0 Å². The smallest absolute Gasteiger partial charge is 0.305 e. The summed E-state index contributed by atoms with van der Waals surface area (Å²) in [5.74, 6) is -0.895. The van der Waals surface area contributed by atoms with E-state index in [-0.39, 0.29) is 18.2 Å². The van der Waals surface area contributed by atoms with Gasteiger partial charge in [-0.3, -0.25) is 0 Å². The molecule has 1 N–H and O–H groups in total. The maximum absolute atomic E-state index is 13.3. The molecule has 0 aliphatic carbocycles. The monoisotopic (exact) mass is 337 g/mol. The fourth-order valence-electron chi connectivity index (χ4n) is 1.85. The molecule has 0 amide bonds. The molecule has 114 valence electrons. The van der Waals surface area contributed by atoms with Crippen LogP contribution in [0.2, 0.25) is 4.34 Å². The molecule has 1 nitrogen and oxygen atoms in total. The van der Waals surface area contributed by atoms with Crippen LogP contribution < -0.4 is 5.32 Å². The van der Waals surface area contributed by atoms with Crippen molar-refractivity contribution < 1.29 is 17.6 Å². The fraction of sp³-hybridized carbons (Fsp3) is 0.286. The van der Waals surface area contributed by atoms with E-state index in [2.05, 4.69) is 5.32 Å². The highest BCUT2D eigenvalue weighted by Crippen LogP contribution is 2.31. The largest absolute Gasteiger partial charge is 0.416 e. The summed E-state index contributed by atoms with van der Waals surface area (Å²) in [6.45, 7) is 2.00. The van der Waals surface area contributed by atoms with Crippen LogP contribution in [0.5, 0.6) is 0 Å². The minimum absolute atomic E-state index is 0.0832. The Balaban J connectivity index is 2.08. The average Bonchev–Trinajstić information content (AvgIpc) is 2.81. The first-order chi connectivity index (χ1) is 9.75. The quantitative estimate of drug-likeness (QED) is 0.735. The Labute approximate surface area is 128 Å². The predicted octanol–water partition coefficient (Wildman–Crippen LogP) is 5.41. The third-order valence-corrected chi connectivity index (χ3v) is 4.33. The maximum atomic E-state index is 13.3. The van der Waals surface area contributed by atoms with Crippen molar-refractivity contribution in [3.8, 4) is 0 Å². The number of alkyl halides is 3. The molecule has 0 saturated heterocycles. The Morgan fingerprint density at radius 3 is 2.52 bits per heavy atom. The lowest BCUT2D eigenvalue weighted by atomic mass is 10.1. The van der Waals surface area contributed by atoms with Crippen LogP contribution in [-0.4, -0.2) is 0 Å². The van der Waals surface area contributed by atoms with Gasteiger partial charge in [-0.2, -0.15) is 13.2 Å². The molecule has 0 spiro atoms. The van der Waals surface area contributed by atoms with Crippen LogP contribution in [0.25, 0.3) is 0 Å². The van der Waals surface area contributed by atoms with Gasteiger partial charge in [-0.1, -0.05) is 11.6 Å². The van der Waals surface area contributed by atoms with Crippen LogP contribution in [0.15, 0.2) is 30.3 Å². The summed E-state index contributed by atoms with van der Waals surface area (Å²) in [6, 6.07) is 6.05. The van der Waals surface area contributed by atoms with E-state index < -0.39 is 17.6 Å². The number of rotatable bonds is 4. The number of hydrogen-bond donors (Lipinski definition) is 1. The van der Waals surface area contributed by atoms with E-state index in [9.17, 15) is 17.6 Å². The molecule has 0 aliphatic rings. The predicted molar refractivity (Wildman–Crippen MR) is 76.0 cm³/mol. The molecule has 21 heavy (non-hydrogen) atoms. The Kier molecular flexibility index (Phi) is 4.91. The van der Waals surface area contributed by atoms with Crippen molar-refractivity contribution in [1.82, 2.24) is 5.32 Å². The molecule has 0 radical (unpaired) electrons. The van der Waals surface area contributed by atoms with Crippen molar-refractivity contribution in [2.24, 2.45) is 0 Å². The van der Waals surface area contributed by atoms with Crippen molar-refractivity contribution >= 4 is 22.9 Å². The molecule has 1 atom stereocenters. The summed E-state index contributed by atoms with van der Waals surface area (Å²) >= 11 is 7.22. The summed E-state index contributed by atoms with van der Waals surface area (Å²) in [5, 5.41) is 3.05. The van der Waals surface area contributed by atoms with E-state index in [0.29, 0.717) is 10.4 Å². The molecule has 0 bridgehead atoms. The van der Waals surface area contributed by atoms with Gasteiger partial charge in [0.15, 0.2) is 0 Å². The Bertz CT molecular complexity index is 624. The lowest BCUT2D eigenvalue weighted by molar-refractivity contribution is -0.137. The van der Waals surface area contributed by atoms with Gasteiger partial charge >= 0.3 is 6.18 Å². The van der Waals surface area contributed by atoms with E-state index in [1.165, 1.54) is 11.3 Å². The average molecular weight is 338 g/mol. The highest BCUT2D eigenvalue weighted by molar-refractivity contribution is 7.16. The standard InChI is InChI=1S/C14H12ClF4NS/c1-8(12-2-3-13(15)21-12)20-7-9-4-10(14(17,18)19)6-11(16)5-9/h2-6,8,20H,7H2,1H3. The van der Waals surface area contributed by atoms with Gasteiger partial charge in [0, 0.05) is 17.5 Å². The van der Waals surface area contributed by atoms with Crippen LogP contribution >= 0.6 is 22.9 Å². The summed E-state index contributed by atoms with van der Waals surface area (Å²) in [4.78, 5) is 0.965. The van der Waals surface area contributed by atoms with Crippen LogP contribution in [0.4, 0.5) is 17.6 Å². The van der Waals surface area contributed by atoms with Gasteiger partial charge in [0.05, 0.1) is 9.90 Å². The Hall–Kier alpha value is -1.11. The van der Waals surface area contributed by atoms with Gasteiger partial charge in [0.1, 0.15) is 5.82 Å². The maximum Gasteiger partial charge on any atom is 0.416 e. The van der Waals surface area contributed by atoms with E-state index in [1.54, 1.807) is 6.07 Å². The Morgan fingerprint density at radius 2 is 1.95 bits per heavy atom. The second kappa shape index (κ2) is 6.34. The minimum Gasteiger partial charge on any atom is -0.305 e. The Morgan fingerprint density at radius 1 is 1.24 bits per heavy atom. The van der Waals surface area contributed by atoms with Gasteiger partial charge < -0.3 is 5.32 Å². The second-order valence-electron chi connectivity index (χ2n) is 4.59. The normalized spacial score (nSPS) is 13.4. The van der Waals surface area contributed by atoms with Crippen molar-refractivity contribution in [2.75, 3.05) is 0 Å². The van der Waals surface area contributed by atoms with Gasteiger partial charge in [0.25, 0.3) is 0 Å². The lowest BCUT2D eigenvalue weighted by Gasteiger charge is -2.14. The summed E-state index contributed by atoms with van der Waals surface area (Å²) < 4.78 is 51.8. The molecule has 0 fully saturated rings. The highest BCUT2D eigenvalue weighted by atomic mass is 35.5. The first-order valence-electron chi connectivity index (χ1n) is 6.11. The third kappa shape index (κ3) is 4.43. The lowest BCUT2D eigenvalue weighted by Crippen LogP contribution is -2.18. The zero-order chi connectivity index (χ0) is 15.6. The second-order valence-corrected chi connectivity index (χ2v) is 6.34. The van der Waals surface area contributed by atoms with Gasteiger partial charge in [-0.15, -0.1) is 11.3 Å². The van der Waals surface area contributed by atoms with Crippen LogP contribution in [0.1, 0.15) is 29.0 Å². The molecule has 1 unspecified atom stereocenters. The number of benzene rings is 1. The number of hydrogen-bond acceptors (Lipinski definition) is 2. The molecule has 1 aromatic carbocycles. The van der Waals surface area contributed by atoms with Gasteiger partial charge in [-0.25, -0.2) is 4.39 Å². The van der Waals surface area contributed by atoms with Crippen LogP contribution in [-0.2, 0) is 12.7 Å². The van der Waals surface area contributed by atoms with E-state index in [1.807, 2.05) is 13.0 Å². The molecule has 2 aromatic rings. The molecule has 0 aliphatic heterocycles. The molecular formula is C14H12ClF4NS. The van der Waals surface area contributed by atoms with Crippen molar-refractivity contribution in [2.45, 2.75) is 25.7 Å². The van der Waals surface area contributed by atoms with E-state index >= 15 is 0 Å². The first kappa shape index (κ1) is 16.3. The first-order valence-corrected chi connectivity index (χ1v) is 7.30. The topological polar surface area (TPSA) is 12.0 Å². The molecule has 0 saturated carbocycles. The third-order valence-electron chi connectivity index (χ3n) is 2.92. The number of nitrogens with one attached hydrogen (secondary N) is 1. The zero-order valence-corrected chi connectivity index (χ0v) is 12.5. The molecular weight excluding hydrogens is 326 g/mol. The summed E-state index contributed by atoms with van der Waals surface area (Å²) in [7, 11) is 0. The van der Waals surface area contributed by atoms with Crippen LogP contribution in [0, 0.1) is 5.82 Å². The number of thiophene rings is 1. The molecule has 1 aromatic heterocycles. The zero-order valence-electron chi connectivity index (χ0n) is 11.0. The highest BCUT2D eigenvalue weighted by Gasteiger charge is 2.31. The molecule has 1 heterocycles. The van der Waals surface area contributed by atoms with E-state index in [0.717, 1.165) is 17.0 Å².